The van der Waals surface area contributed by atoms with Crippen LogP contribution in [0.1, 0.15) is 48.5 Å². The van der Waals surface area contributed by atoms with Gasteiger partial charge >= 0.3 is 7.82 Å². The van der Waals surface area contributed by atoms with E-state index in [2.05, 4.69) is 0 Å². The highest BCUT2D eigenvalue weighted by Crippen LogP contribution is 2.56. The third-order valence-corrected chi connectivity index (χ3v) is 4.85. The lowest BCUT2D eigenvalue weighted by molar-refractivity contribution is -0.242. The molecule has 1 rings (SSSR count). The predicted octanol–water partition coefficient (Wildman–Crippen LogP) is 1.57. The number of rotatable bonds is 5. The highest BCUT2D eigenvalue weighted by molar-refractivity contribution is 7.48. The van der Waals surface area contributed by atoms with Crippen LogP contribution in [0, 0.1) is 0 Å². The lowest BCUT2D eigenvalue weighted by Crippen LogP contribution is -2.47. The fourth-order valence-electron chi connectivity index (χ4n) is 2.02. The van der Waals surface area contributed by atoms with Gasteiger partial charge in [0.05, 0.1) is 17.3 Å². The predicted molar refractivity (Wildman–Crippen MR) is 82.7 cm³/mol. The van der Waals surface area contributed by atoms with Gasteiger partial charge in [-0.25, -0.2) is 4.57 Å². The Morgan fingerprint density at radius 1 is 1.09 bits per heavy atom. The zero-order valence-electron chi connectivity index (χ0n) is 14.8. The van der Waals surface area contributed by atoms with Crippen molar-refractivity contribution in [2.75, 3.05) is 6.61 Å². The van der Waals surface area contributed by atoms with Gasteiger partial charge in [0.2, 0.25) is 5.79 Å². The Labute approximate surface area is 137 Å². The van der Waals surface area contributed by atoms with Crippen molar-refractivity contribution in [1.29, 1.82) is 0 Å². The molecule has 9 heteroatoms. The largest absolute Gasteiger partial charge is 0.476 e. The number of phosphoric ester groups is 1. The molecule has 0 aromatic heterocycles. The Morgan fingerprint density at radius 3 is 1.83 bits per heavy atom. The molecule has 138 valence electrons. The number of aliphatic hydroxyl groups is 3. The van der Waals surface area contributed by atoms with Crippen LogP contribution < -0.4 is 0 Å². The van der Waals surface area contributed by atoms with E-state index in [0.29, 0.717) is 0 Å². The molecule has 1 unspecified atom stereocenters. The Balaban J connectivity index is 2.88. The van der Waals surface area contributed by atoms with Gasteiger partial charge in [-0.2, -0.15) is 0 Å². The van der Waals surface area contributed by atoms with Gasteiger partial charge in [0.1, 0.15) is 18.8 Å². The fraction of sp³-hybridized carbons (Fsp3) is 1.00. The molecule has 1 saturated heterocycles. The third kappa shape index (κ3) is 6.07. The summed E-state index contributed by atoms with van der Waals surface area (Å²) in [5, 5.41) is 29.8. The second-order valence-electron chi connectivity index (χ2n) is 7.73. The monoisotopic (exact) mass is 356 g/mol. The van der Waals surface area contributed by atoms with E-state index in [4.69, 9.17) is 18.3 Å². The molecule has 0 aromatic carbocycles. The Bertz CT molecular complexity index is 435. The van der Waals surface area contributed by atoms with Crippen LogP contribution in [0.25, 0.3) is 0 Å². The van der Waals surface area contributed by atoms with E-state index in [-0.39, 0.29) is 0 Å². The fourth-order valence-corrected chi connectivity index (χ4v) is 3.85. The first-order chi connectivity index (χ1) is 10.1. The summed E-state index contributed by atoms with van der Waals surface area (Å²) in [6, 6.07) is 0. The molecule has 0 aromatic rings. The quantitative estimate of drug-likeness (QED) is 0.636. The maximum absolute atomic E-state index is 12.8. The van der Waals surface area contributed by atoms with Crippen LogP contribution in [0.3, 0.4) is 0 Å². The molecular weight excluding hydrogens is 327 g/mol. The van der Waals surface area contributed by atoms with E-state index in [9.17, 15) is 19.9 Å². The third-order valence-electron chi connectivity index (χ3n) is 2.86. The highest BCUT2D eigenvalue weighted by Gasteiger charge is 2.53. The van der Waals surface area contributed by atoms with Crippen LogP contribution in [0.5, 0.6) is 0 Å². The maximum Gasteiger partial charge on any atom is 0.476 e. The standard InChI is InChI=1S/C14H29O8P/c1-9-10(15)11(16)14(17,20-9)8-19-23(18,21-12(2,3)4)22-13(5,6)7/h9-11,15-17H,8H2,1-7H3/t9-,10-,11+,14?/m0/s1. The first-order valence-corrected chi connectivity index (χ1v) is 8.95. The maximum atomic E-state index is 12.8. The Morgan fingerprint density at radius 2 is 1.52 bits per heavy atom. The van der Waals surface area contributed by atoms with Crippen molar-refractivity contribution in [3.8, 4) is 0 Å². The van der Waals surface area contributed by atoms with E-state index in [1.807, 2.05) is 0 Å². The second-order valence-corrected chi connectivity index (χ2v) is 9.25. The summed E-state index contributed by atoms with van der Waals surface area (Å²) in [6.07, 6.45) is -3.68. The van der Waals surface area contributed by atoms with Crippen molar-refractivity contribution < 1.29 is 38.2 Å². The van der Waals surface area contributed by atoms with Gasteiger partial charge in [-0.05, 0) is 48.5 Å². The summed E-state index contributed by atoms with van der Waals surface area (Å²) in [4.78, 5) is 0. The van der Waals surface area contributed by atoms with Gasteiger partial charge in [0.15, 0.2) is 0 Å². The average Bonchev–Trinajstić information content (AvgIpc) is 2.47. The normalized spacial score (nSPS) is 33.2. The van der Waals surface area contributed by atoms with Gasteiger partial charge in [0.25, 0.3) is 0 Å². The van der Waals surface area contributed by atoms with Crippen LogP contribution in [0.15, 0.2) is 0 Å². The summed E-state index contributed by atoms with van der Waals surface area (Å²) in [5.41, 5.74) is -1.66. The van der Waals surface area contributed by atoms with Crippen molar-refractivity contribution in [2.45, 2.75) is 83.8 Å². The Hall–Kier alpha value is -0.0500. The first-order valence-electron chi connectivity index (χ1n) is 7.49. The van der Waals surface area contributed by atoms with Gasteiger partial charge < -0.3 is 20.1 Å². The molecule has 23 heavy (non-hydrogen) atoms. The SMILES string of the molecule is C[C@@H]1OC(O)(COP(=O)(OC(C)(C)C)OC(C)(C)C)[C@H](O)[C@H]1O. The molecule has 0 radical (unpaired) electrons. The van der Waals surface area contributed by atoms with E-state index in [1.165, 1.54) is 6.92 Å². The molecule has 1 fully saturated rings. The molecular formula is C14H29O8P. The van der Waals surface area contributed by atoms with Gasteiger partial charge in [0, 0.05) is 0 Å². The summed E-state index contributed by atoms with van der Waals surface area (Å²) in [5.74, 6) is -2.20. The zero-order valence-corrected chi connectivity index (χ0v) is 15.7. The van der Waals surface area contributed by atoms with Crippen molar-refractivity contribution >= 4 is 7.82 Å². The zero-order chi connectivity index (χ0) is 18.3. The van der Waals surface area contributed by atoms with E-state index >= 15 is 0 Å². The van der Waals surface area contributed by atoms with E-state index in [0.717, 1.165) is 0 Å². The van der Waals surface area contributed by atoms with Crippen molar-refractivity contribution in [1.82, 2.24) is 0 Å². The number of hydrogen-bond acceptors (Lipinski definition) is 8. The summed E-state index contributed by atoms with van der Waals surface area (Å²) in [7, 11) is -4.06. The lowest BCUT2D eigenvalue weighted by Gasteiger charge is -2.33. The molecule has 3 N–H and O–H groups in total. The van der Waals surface area contributed by atoms with Crippen molar-refractivity contribution in [3.05, 3.63) is 0 Å². The lowest BCUT2D eigenvalue weighted by atomic mass is 10.1. The van der Waals surface area contributed by atoms with Gasteiger partial charge in [-0.15, -0.1) is 0 Å². The van der Waals surface area contributed by atoms with Gasteiger partial charge in [-0.1, -0.05) is 0 Å². The molecule has 0 amide bonds. The molecule has 0 aliphatic carbocycles. The highest BCUT2D eigenvalue weighted by atomic mass is 31.2. The van der Waals surface area contributed by atoms with Gasteiger partial charge in [-0.3, -0.25) is 13.6 Å². The molecule has 0 saturated carbocycles. The summed E-state index contributed by atoms with van der Waals surface area (Å²) < 4.78 is 34.0. The van der Waals surface area contributed by atoms with Crippen LogP contribution in [0.2, 0.25) is 0 Å². The molecule has 1 aliphatic rings. The van der Waals surface area contributed by atoms with E-state index in [1.54, 1.807) is 41.5 Å². The minimum atomic E-state index is -4.06. The average molecular weight is 356 g/mol. The van der Waals surface area contributed by atoms with E-state index < -0.39 is 49.7 Å². The summed E-state index contributed by atoms with van der Waals surface area (Å²) in [6.45, 7) is 10.9. The topological polar surface area (TPSA) is 115 Å². The molecule has 1 heterocycles. The van der Waals surface area contributed by atoms with Crippen LogP contribution in [-0.2, 0) is 22.9 Å². The molecule has 0 bridgehead atoms. The summed E-state index contributed by atoms with van der Waals surface area (Å²) >= 11 is 0. The number of ether oxygens (including phenoxy) is 1. The Kier molecular flexibility index (Phi) is 6.11. The molecule has 1 aliphatic heterocycles. The minimum absolute atomic E-state index is 0.682. The second kappa shape index (κ2) is 6.69. The number of hydrogen-bond donors (Lipinski definition) is 3. The molecule has 4 atom stereocenters. The van der Waals surface area contributed by atoms with Crippen molar-refractivity contribution in [3.63, 3.8) is 0 Å². The molecule has 0 spiro atoms. The number of phosphoric acid groups is 1. The minimum Gasteiger partial charge on any atom is -0.387 e. The smallest absolute Gasteiger partial charge is 0.387 e. The van der Waals surface area contributed by atoms with Crippen LogP contribution in [0.4, 0.5) is 0 Å². The van der Waals surface area contributed by atoms with Crippen molar-refractivity contribution in [2.24, 2.45) is 0 Å². The number of aliphatic hydroxyl groups excluding tert-OH is 2. The van der Waals surface area contributed by atoms with Crippen LogP contribution >= 0.6 is 7.82 Å². The molecule has 8 nitrogen and oxygen atoms in total. The van der Waals surface area contributed by atoms with Crippen LogP contribution in [-0.4, -0.2) is 57.2 Å². The first kappa shape index (κ1) is 21.0.